The van der Waals surface area contributed by atoms with Crippen LogP contribution in [0.4, 0.5) is 5.13 Å². The van der Waals surface area contributed by atoms with Crippen molar-refractivity contribution in [3.8, 4) is 0 Å². The Kier molecular flexibility index (Phi) is 6.20. The molecule has 0 aromatic carbocycles. The zero-order valence-corrected chi connectivity index (χ0v) is 18.1. The number of hydrogen-bond donors (Lipinski definition) is 1. The Morgan fingerprint density at radius 3 is 2.68 bits per heavy atom. The maximum Gasteiger partial charge on any atom is 0.332 e. The predicted molar refractivity (Wildman–Crippen MR) is 113 cm³/mol. The van der Waals surface area contributed by atoms with Gasteiger partial charge in [0.2, 0.25) is 11.0 Å². The lowest BCUT2D eigenvalue weighted by Gasteiger charge is -2.12. The number of thioether (sulfide) groups is 2. The molecule has 0 spiro atoms. The Hall–Kier alpha value is -2.18. The molecule has 12 heteroatoms. The van der Waals surface area contributed by atoms with Crippen molar-refractivity contribution in [2.24, 2.45) is 14.1 Å². The summed E-state index contributed by atoms with van der Waals surface area (Å²) in [6.07, 6.45) is 1.60. The first kappa shape index (κ1) is 20.6. The summed E-state index contributed by atoms with van der Waals surface area (Å²) in [5.74, 6) is 0.715. The Labute approximate surface area is 172 Å². The van der Waals surface area contributed by atoms with Gasteiger partial charge in [-0.1, -0.05) is 30.0 Å². The minimum absolute atomic E-state index is 0.0851. The van der Waals surface area contributed by atoms with Gasteiger partial charge in [-0.05, 0) is 18.2 Å². The van der Waals surface area contributed by atoms with Crippen molar-refractivity contribution < 1.29 is 4.79 Å². The van der Waals surface area contributed by atoms with E-state index in [-0.39, 0.29) is 11.7 Å². The van der Waals surface area contributed by atoms with Gasteiger partial charge in [-0.25, -0.2) is 9.78 Å². The largest absolute Gasteiger partial charge is 0.332 e. The van der Waals surface area contributed by atoms with Gasteiger partial charge in [-0.3, -0.25) is 24.0 Å². The quantitative estimate of drug-likeness (QED) is 0.457. The zero-order valence-electron chi connectivity index (χ0n) is 15.7. The summed E-state index contributed by atoms with van der Waals surface area (Å²) in [4.78, 5) is 42.0. The number of amides is 1. The van der Waals surface area contributed by atoms with E-state index < -0.39 is 11.2 Å². The Morgan fingerprint density at radius 1 is 1.21 bits per heavy atom. The number of hydrogen-bond acceptors (Lipinski definition) is 9. The van der Waals surface area contributed by atoms with E-state index in [4.69, 9.17) is 0 Å². The standard InChI is InChI=1S/C16H18N6O3S3/c1-5-26-15-20-19-14(28-15)18-9(23)7-27-11-8(2)6-17-12-10(11)13(24)22(4)16(25)21(12)3/h6H,5,7H2,1-4H3,(H,18,19,23). The van der Waals surface area contributed by atoms with Crippen LogP contribution in [0.5, 0.6) is 0 Å². The third-order valence-electron chi connectivity index (χ3n) is 3.87. The fourth-order valence-corrected chi connectivity index (χ4v) is 5.13. The molecule has 0 aliphatic carbocycles. The van der Waals surface area contributed by atoms with Crippen LogP contribution in [0, 0.1) is 6.92 Å². The minimum atomic E-state index is -0.445. The van der Waals surface area contributed by atoms with Gasteiger partial charge in [-0.15, -0.1) is 22.0 Å². The summed E-state index contributed by atoms with van der Waals surface area (Å²) in [6.45, 7) is 3.83. The molecule has 1 N–H and O–H groups in total. The number of fused-ring (bicyclic) bond motifs is 1. The second-order valence-electron chi connectivity index (χ2n) is 5.82. The van der Waals surface area contributed by atoms with Crippen LogP contribution in [0.3, 0.4) is 0 Å². The molecule has 0 aliphatic rings. The van der Waals surface area contributed by atoms with Gasteiger partial charge in [0.15, 0.2) is 4.34 Å². The first-order valence-corrected chi connectivity index (χ1v) is 11.1. The number of rotatable bonds is 6. The van der Waals surface area contributed by atoms with Crippen molar-refractivity contribution in [1.82, 2.24) is 24.3 Å². The molecule has 0 radical (unpaired) electrons. The number of aryl methyl sites for hydroxylation is 2. The van der Waals surface area contributed by atoms with E-state index in [1.165, 1.54) is 34.7 Å². The van der Waals surface area contributed by atoms with Crippen molar-refractivity contribution in [1.29, 1.82) is 0 Å². The first-order valence-electron chi connectivity index (χ1n) is 8.27. The molecule has 0 saturated heterocycles. The van der Waals surface area contributed by atoms with Crippen LogP contribution >= 0.6 is 34.9 Å². The second-order valence-corrected chi connectivity index (χ2v) is 9.29. The Bertz CT molecular complexity index is 1170. The molecule has 0 fully saturated rings. The van der Waals surface area contributed by atoms with E-state index >= 15 is 0 Å². The number of nitrogens with zero attached hydrogens (tertiary/aromatic N) is 5. The maximum atomic E-state index is 12.7. The molecule has 148 valence electrons. The number of anilines is 1. The van der Waals surface area contributed by atoms with Crippen molar-refractivity contribution >= 4 is 56.9 Å². The zero-order chi connectivity index (χ0) is 20.4. The number of carbonyl (C=O) groups excluding carboxylic acids is 1. The van der Waals surface area contributed by atoms with Gasteiger partial charge in [0.1, 0.15) is 5.65 Å². The number of carbonyl (C=O) groups is 1. The van der Waals surface area contributed by atoms with Crippen molar-refractivity contribution in [2.45, 2.75) is 23.1 Å². The predicted octanol–water partition coefficient (Wildman–Crippen LogP) is 1.63. The highest BCUT2D eigenvalue weighted by Crippen LogP contribution is 2.28. The summed E-state index contributed by atoms with van der Waals surface area (Å²) in [6, 6.07) is 0. The fourth-order valence-electron chi connectivity index (χ4n) is 2.52. The topological polar surface area (TPSA) is 112 Å². The van der Waals surface area contributed by atoms with E-state index in [2.05, 4.69) is 20.5 Å². The summed E-state index contributed by atoms with van der Waals surface area (Å²) < 4.78 is 3.17. The molecule has 3 rings (SSSR count). The highest BCUT2D eigenvalue weighted by atomic mass is 32.2. The Balaban J connectivity index is 1.86. The average molecular weight is 439 g/mol. The molecule has 0 atom stereocenters. The van der Waals surface area contributed by atoms with Crippen LogP contribution in [-0.2, 0) is 18.9 Å². The first-order chi connectivity index (χ1) is 13.3. The molecule has 1 amide bonds. The summed E-state index contributed by atoms with van der Waals surface area (Å²) in [5, 5.41) is 11.4. The monoisotopic (exact) mass is 438 g/mol. The Morgan fingerprint density at radius 2 is 1.96 bits per heavy atom. The third-order valence-corrected chi connectivity index (χ3v) is 6.94. The van der Waals surface area contributed by atoms with Crippen molar-refractivity contribution in [3.05, 3.63) is 32.6 Å². The molecular weight excluding hydrogens is 420 g/mol. The van der Waals surface area contributed by atoms with Gasteiger partial charge >= 0.3 is 5.69 Å². The molecule has 3 aromatic heterocycles. The van der Waals surface area contributed by atoms with Crippen LogP contribution in [0.1, 0.15) is 12.5 Å². The lowest BCUT2D eigenvalue weighted by atomic mass is 10.2. The fraction of sp³-hybridized carbons (Fsp3) is 0.375. The molecule has 28 heavy (non-hydrogen) atoms. The molecule has 9 nitrogen and oxygen atoms in total. The van der Waals surface area contributed by atoms with Crippen LogP contribution in [0.15, 0.2) is 25.0 Å². The highest BCUT2D eigenvalue weighted by Gasteiger charge is 2.17. The number of pyridine rings is 1. The molecule has 0 saturated carbocycles. The smallest absolute Gasteiger partial charge is 0.300 e. The lowest BCUT2D eigenvalue weighted by molar-refractivity contribution is -0.113. The normalized spacial score (nSPS) is 11.1. The van der Waals surface area contributed by atoms with E-state index in [1.54, 1.807) is 25.0 Å². The van der Waals surface area contributed by atoms with Crippen LogP contribution < -0.4 is 16.6 Å². The van der Waals surface area contributed by atoms with Crippen molar-refractivity contribution in [3.63, 3.8) is 0 Å². The molecule has 0 aliphatic heterocycles. The SMILES string of the molecule is CCSc1nnc(NC(=O)CSc2c(C)cnc3c2c(=O)n(C)c(=O)n3C)s1. The van der Waals surface area contributed by atoms with Gasteiger partial charge in [-0.2, -0.15) is 0 Å². The maximum absolute atomic E-state index is 12.7. The average Bonchev–Trinajstić information content (AvgIpc) is 3.10. The van der Waals surface area contributed by atoms with Crippen LogP contribution in [0.2, 0.25) is 0 Å². The highest BCUT2D eigenvalue weighted by molar-refractivity contribution is 8.01. The molecular formula is C16H18N6O3S3. The summed E-state index contributed by atoms with van der Waals surface area (Å²) in [7, 11) is 2.99. The summed E-state index contributed by atoms with van der Waals surface area (Å²) in [5.41, 5.74) is 0.188. The molecule has 0 bridgehead atoms. The van der Waals surface area contributed by atoms with E-state index in [9.17, 15) is 14.4 Å². The van der Waals surface area contributed by atoms with E-state index in [0.717, 1.165) is 20.2 Å². The van der Waals surface area contributed by atoms with Crippen molar-refractivity contribution in [2.75, 3.05) is 16.8 Å². The minimum Gasteiger partial charge on any atom is -0.300 e. The number of aromatic nitrogens is 5. The second kappa shape index (κ2) is 8.45. The van der Waals surface area contributed by atoms with Crippen LogP contribution in [-0.4, -0.2) is 41.7 Å². The molecule has 3 aromatic rings. The van der Waals surface area contributed by atoms with Gasteiger partial charge in [0, 0.05) is 25.2 Å². The van der Waals surface area contributed by atoms with Gasteiger partial charge in [0.05, 0.1) is 11.1 Å². The molecule has 3 heterocycles. The van der Waals surface area contributed by atoms with E-state index in [1.807, 2.05) is 13.8 Å². The van der Waals surface area contributed by atoms with E-state index in [0.29, 0.717) is 21.1 Å². The van der Waals surface area contributed by atoms with Gasteiger partial charge < -0.3 is 0 Å². The molecule has 0 unspecified atom stereocenters. The van der Waals surface area contributed by atoms with Gasteiger partial charge in [0.25, 0.3) is 5.56 Å². The number of nitrogens with one attached hydrogen (secondary N) is 1. The summed E-state index contributed by atoms with van der Waals surface area (Å²) >= 11 is 4.11. The lowest BCUT2D eigenvalue weighted by Crippen LogP contribution is -2.37. The third kappa shape index (κ3) is 3.98. The van der Waals surface area contributed by atoms with Crippen LogP contribution in [0.25, 0.3) is 11.0 Å².